The van der Waals surface area contributed by atoms with Gasteiger partial charge in [-0.05, 0) is 17.0 Å². The van der Waals surface area contributed by atoms with Crippen LogP contribution in [0.3, 0.4) is 0 Å². The summed E-state index contributed by atoms with van der Waals surface area (Å²) in [5.74, 6) is -0.428. The molecule has 28 heavy (non-hydrogen) atoms. The highest BCUT2D eigenvalue weighted by molar-refractivity contribution is 7.12. The third-order valence-corrected chi connectivity index (χ3v) is 5.79. The second-order valence-electron chi connectivity index (χ2n) is 6.84. The molecule has 1 amide bonds. The monoisotopic (exact) mass is 394 g/mol. The highest BCUT2D eigenvalue weighted by Gasteiger charge is 2.13. The number of primary amides is 1. The molecule has 3 N–H and O–H groups in total. The number of fused-ring (bicyclic) bond motifs is 1. The van der Waals surface area contributed by atoms with E-state index >= 15 is 0 Å². The molecule has 0 spiro atoms. The van der Waals surface area contributed by atoms with E-state index in [4.69, 9.17) is 5.73 Å². The van der Waals surface area contributed by atoms with Gasteiger partial charge in [-0.1, -0.05) is 38.5 Å². The first-order valence-electron chi connectivity index (χ1n) is 9.43. The molecule has 0 aromatic carbocycles. The van der Waals surface area contributed by atoms with Gasteiger partial charge in [0.1, 0.15) is 0 Å². The lowest BCUT2D eigenvalue weighted by Gasteiger charge is -2.05. The molecule has 144 valence electrons. The molecule has 0 unspecified atom stereocenters. The van der Waals surface area contributed by atoms with Crippen LogP contribution in [0.15, 0.2) is 42.4 Å². The Kier molecular flexibility index (Phi) is 5.48. The Morgan fingerprint density at radius 3 is 2.39 bits per heavy atom. The molecule has 0 bridgehead atoms. The summed E-state index contributed by atoms with van der Waals surface area (Å²) in [6.07, 6.45) is 17.9. The molecule has 4 aromatic heterocycles. The van der Waals surface area contributed by atoms with E-state index in [1.807, 2.05) is 11.6 Å². The van der Waals surface area contributed by atoms with Crippen molar-refractivity contribution in [1.29, 1.82) is 0 Å². The summed E-state index contributed by atoms with van der Waals surface area (Å²) in [6, 6.07) is 1.76. The summed E-state index contributed by atoms with van der Waals surface area (Å²) < 4.78 is 1.71. The standard InChI is InChI=1S/C14H10N6OS.C6H12/c15-13(21)12-1-8(7-22-12)11-5-19-20-6-10(2-16-14(11)20)9-3-17-18-4-9;1-2-4-6-5-3-1/h1-7H,(H2,15,21)(H,17,18);1-6H2. The number of carbonyl (C=O) groups excluding carboxylic acids is 1. The minimum absolute atomic E-state index is 0.428. The zero-order valence-electron chi connectivity index (χ0n) is 15.5. The number of aromatic amines is 1. The Bertz CT molecular complexity index is 1050. The van der Waals surface area contributed by atoms with Gasteiger partial charge >= 0.3 is 0 Å². The Morgan fingerprint density at radius 2 is 1.79 bits per heavy atom. The van der Waals surface area contributed by atoms with Crippen molar-refractivity contribution < 1.29 is 4.79 Å². The van der Waals surface area contributed by atoms with E-state index in [0.29, 0.717) is 4.88 Å². The average Bonchev–Trinajstić information content (AvgIpc) is 3.48. The third-order valence-electron chi connectivity index (χ3n) is 4.84. The number of thiophene rings is 1. The molecule has 1 fully saturated rings. The van der Waals surface area contributed by atoms with Crippen LogP contribution in [0.25, 0.3) is 27.9 Å². The van der Waals surface area contributed by atoms with Crippen LogP contribution in [0.5, 0.6) is 0 Å². The Balaban J connectivity index is 0.000000275. The van der Waals surface area contributed by atoms with Gasteiger partial charge in [-0.15, -0.1) is 11.3 Å². The van der Waals surface area contributed by atoms with Crippen molar-refractivity contribution in [2.24, 2.45) is 5.73 Å². The lowest BCUT2D eigenvalue weighted by molar-refractivity contribution is 0.100. The molecule has 1 saturated carbocycles. The number of nitrogens with zero attached hydrogens (tertiary/aromatic N) is 4. The first kappa shape index (κ1) is 18.4. The second-order valence-corrected chi connectivity index (χ2v) is 7.75. The number of hydrogen-bond donors (Lipinski definition) is 2. The molecule has 5 rings (SSSR count). The van der Waals surface area contributed by atoms with E-state index in [-0.39, 0.29) is 0 Å². The maximum atomic E-state index is 11.2. The number of nitrogens with one attached hydrogen (secondary N) is 1. The van der Waals surface area contributed by atoms with Crippen LogP contribution in [0, 0.1) is 0 Å². The van der Waals surface area contributed by atoms with Gasteiger partial charge in [-0.3, -0.25) is 9.89 Å². The summed E-state index contributed by atoms with van der Waals surface area (Å²) in [4.78, 5) is 16.2. The maximum Gasteiger partial charge on any atom is 0.258 e. The van der Waals surface area contributed by atoms with Crippen LogP contribution >= 0.6 is 11.3 Å². The van der Waals surface area contributed by atoms with Crippen molar-refractivity contribution in [2.75, 3.05) is 0 Å². The van der Waals surface area contributed by atoms with Crippen molar-refractivity contribution in [3.8, 4) is 22.3 Å². The number of hydrogen-bond acceptors (Lipinski definition) is 5. The molecular weight excluding hydrogens is 372 g/mol. The van der Waals surface area contributed by atoms with Crippen molar-refractivity contribution in [3.05, 3.63) is 47.3 Å². The summed E-state index contributed by atoms with van der Waals surface area (Å²) in [5.41, 5.74) is 9.62. The maximum absolute atomic E-state index is 11.2. The number of carbonyl (C=O) groups is 1. The number of nitrogens with two attached hydrogens (primary N) is 1. The highest BCUT2D eigenvalue weighted by Crippen LogP contribution is 2.29. The van der Waals surface area contributed by atoms with Gasteiger partial charge in [0.2, 0.25) is 0 Å². The molecule has 4 aromatic rings. The molecule has 0 aliphatic heterocycles. The van der Waals surface area contributed by atoms with E-state index in [1.165, 1.54) is 49.9 Å². The summed E-state index contributed by atoms with van der Waals surface area (Å²) in [6.45, 7) is 0. The first-order valence-corrected chi connectivity index (χ1v) is 10.3. The van der Waals surface area contributed by atoms with Gasteiger partial charge in [0.05, 0.1) is 17.3 Å². The van der Waals surface area contributed by atoms with Crippen molar-refractivity contribution in [2.45, 2.75) is 38.5 Å². The van der Waals surface area contributed by atoms with E-state index in [0.717, 1.165) is 27.9 Å². The molecule has 1 aliphatic rings. The van der Waals surface area contributed by atoms with Crippen molar-refractivity contribution in [3.63, 3.8) is 0 Å². The van der Waals surface area contributed by atoms with Gasteiger partial charge in [0.25, 0.3) is 5.91 Å². The Morgan fingerprint density at radius 1 is 1.04 bits per heavy atom. The van der Waals surface area contributed by atoms with Gasteiger partial charge < -0.3 is 5.73 Å². The normalized spacial score (nSPS) is 13.9. The zero-order valence-corrected chi connectivity index (χ0v) is 16.3. The van der Waals surface area contributed by atoms with E-state index in [2.05, 4.69) is 20.3 Å². The molecule has 0 radical (unpaired) electrons. The van der Waals surface area contributed by atoms with Gasteiger partial charge in [-0.2, -0.15) is 10.2 Å². The predicted molar refractivity (Wildman–Crippen MR) is 110 cm³/mol. The van der Waals surface area contributed by atoms with E-state index in [9.17, 15) is 4.79 Å². The molecule has 0 saturated heterocycles. The average molecular weight is 395 g/mol. The quantitative estimate of drug-likeness (QED) is 0.541. The fraction of sp³-hybridized carbons (Fsp3) is 0.300. The number of aromatic nitrogens is 5. The molecule has 7 nitrogen and oxygen atoms in total. The lowest BCUT2D eigenvalue weighted by Crippen LogP contribution is -2.08. The minimum Gasteiger partial charge on any atom is -0.365 e. The van der Waals surface area contributed by atoms with Gasteiger partial charge in [-0.25, -0.2) is 9.50 Å². The van der Waals surface area contributed by atoms with E-state index in [1.54, 1.807) is 35.4 Å². The Hall–Kier alpha value is -3.00. The minimum atomic E-state index is -0.428. The first-order chi connectivity index (χ1) is 13.7. The van der Waals surface area contributed by atoms with Crippen LogP contribution in [0.1, 0.15) is 48.2 Å². The van der Waals surface area contributed by atoms with Crippen molar-refractivity contribution >= 4 is 22.9 Å². The molecule has 8 heteroatoms. The van der Waals surface area contributed by atoms with Crippen LogP contribution in [0.4, 0.5) is 0 Å². The topological polar surface area (TPSA) is 102 Å². The number of H-pyrrole nitrogens is 1. The SMILES string of the molecule is C1CCCCC1.NC(=O)c1cc(-c2cnn3cc(-c4cn[nH]c4)cnc23)cs1. The highest BCUT2D eigenvalue weighted by atomic mass is 32.1. The number of rotatable bonds is 3. The lowest BCUT2D eigenvalue weighted by atomic mass is 10.0. The fourth-order valence-corrected chi connectivity index (χ4v) is 4.06. The van der Waals surface area contributed by atoms with Gasteiger partial charge in [0, 0.05) is 35.3 Å². The predicted octanol–water partition coefficient (Wildman–Crippen LogP) is 4.29. The molecular formula is C20H22N6OS. The fourth-order valence-electron chi connectivity index (χ4n) is 3.30. The van der Waals surface area contributed by atoms with Crippen LogP contribution in [0.2, 0.25) is 0 Å². The zero-order chi connectivity index (χ0) is 19.3. The van der Waals surface area contributed by atoms with E-state index < -0.39 is 5.91 Å². The van der Waals surface area contributed by atoms with Gasteiger partial charge in [0.15, 0.2) is 5.65 Å². The third kappa shape index (κ3) is 3.96. The smallest absolute Gasteiger partial charge is 0.258 e. The Labute approximate surface area is 166 Å². The van der Waals surface area contributed by atoms with Crippen LogP contribution < -0.4 is 5.73 Å². The van der Waals surface area contributed by atoms with Crippen molar-refractivity contribution in [1.82, 2.24) is 24.8 Å². The molecule has 4 heterocycles. The summed E-state index contributed by atoms with van der Waals surface area (Å²) in [7, 11) is 0. The largest absolute Gasteiger partial charge is 0.365 e. The summed E-state index contributed by atoms with van der Waals surface area (Å²) in [5, 5.41) is 12.9. The van der Waals surface area contributed by atoms with Crippen LogP contribution in [-0.2, 0) is 0 Å². The second kappa shape index (κ2) is 8.35. The number of amides is 1. The van der Waals surface area contributed by atoms with Crippen LogP contribution in [-0.4, -0.2) is 30.7 Å². The summed E-state index contributed by atoms with van der Waals surface area (Å²) >= 11 is 1.31. The molecule has 1 aliphatic carbocycles. The molecule has 0 atom stereocenters.